The summed E-state index contributed by atoms with van der Waals surface area (Å²) in [5.74, 6) is 0.890. The van der Waals surface area contributed by atoms with Crippen molar-refractivity contribution in [1.29, 1.82) is 5.26 Å². The summed E-state index contributed by atoms with van der Waals surface area (Å²) in [6.07, 6.45) is 2.75. The summed E-state index contributed by atoms with van der Waals surface area (Å²) in [6, 6.07) is 3.23. The van der Waals surface area contributed by atoms with Gasteiger partial charge < -0.3 is 0 Å². The molecule has 0 aromatic rings. The highest BCUT2D eigenvalue weighted by Crippen LogP contribution is 2.30. The summed E-state index contributed by atoms with van der Waals surface area (Å²) in [5.41, 5.74) is 0. The zero-order valence-corrected chi connectivity index (χ0v) is 11.0. The lowest BCUT2D eigenvalue weighted by Gasteiger charge is -2.29. The van der Waals surface area contributed by atoms with E-state index >= 15 is 0 Å². The summed E-state index contributed by atoms with van der Waals surface area (Å²) >= 11 is 0. The van der Waals surface area contributed by atoms with Crippen LogP contribution in [0.5, 0.6) is 0 Å². The van der Waals surface area contributed by atoms with Gasteiger partial charge in [-0.15, -0.1) is 0 Å². The molecule has 0 heterocycles. The molecular weight excluding hydrogens is 198 g/mol. The van der Waals surface area contributed by atoms with Gasteiger partial charge in [0.05, 0.1) is 6.07 Å². The fourth-order valence-electron chi connectivity index (χ4n) is 1.90. The van der Waals surface area contributed by atoms with Gasteiger partial charge >= 0.3 is 0 Å². The number of nitrogens with one attached hydrogen (secondary N) is 1. The summed E-state index contributed by atoms with van der Waals surface area (Å²) in [6.45, 7) is 10.6. The molecule has 0 amide bonds. The first-order chi connectivity index (χ1) is 7.52. The number of nitriles is 1. The van der Waals surface area contributed by atoms with E-state index in [-0.39, 0.29) is 6.04 Å². The lowest BCUT2D eigenvalue weighted by Crippen LogP contribution is -2.46. The van der Waals surface area contributed by atoms with Crippen LogP contribution in [0.4, 0.5) is 0 Å². The second kappa shape index (κ2) is 6.22. The Bertz CT molecular complexity index is 238. The molecule has 3 heteroatoms. The van der Waals surface area contributed by atoms with E-state index in [9.17, 15) is 0 Å². The van der Waals surface area contributed by atoms with Crippen LogP contribution in [-0.4, -0.2) is 36.1 Å². The summed E-state index contributed by atoms with van der Waals surface area (Å²) in [5, 5.41) is 12.4. The molecule has 1 aliphatic rings. The third kappa shape index (κ3) is 4.96. The normalized spacial score (nSPS) is 18.1. The van der Waals surface area contributed by atoms with Crippen molar-refractivity contribution < 1.29 is 0 Å². The Hall–Kier alpha value is -0.590. The van der Waals surface area contributed by atoms with Crippen LogP contribution < -0.4 is 5.32 Å². The maximum Gasteiger partial charge on any atom is 0.108 e. The number of rotatable bonds is 7. The molecule has 0 aromatic heterocycles. The van der Waals surface area contributed by atoms with Gasteiger partial charge in [0.25, 0.3) is 0 Å². The van der Waals surface area contributed by atoms with Crippen LogP contribution in [0.15, 0.2) is 0 Å². The Morgan fingerprint density at radius 2 is 1.94 bits per heavy atom. The Morgan fingerprint density at radius 3 is 2.31 bits per heavy atom. The maximum atomic E-state index is 9.12. The van der Waals surface area contributed by atoms with Crippen molar-refractivity contribution in [3.63, 3.8) is 0 Å². The van der Waals surface area contributed by atoms with Crippen LogP contribution in [-0.2, 0) is 0 Å². The van der Waals surface area contributed by atoms with Gasteiger partial charge in [0.15, 0.2) is 0 Å². The molecular formula is C13H25N3. The minimum absolute atomic E-state index is 0.0406. The highest BCUT2D eigenvalue weighted by atomic mass is 15.2. The van der Waals surface area contributed by atoms with Crippen molar-refractivity contribution in [2.45, 2.75) is 58.7 Å². The van der Waals surface area contributed by atoms with Crippen LogP contribution in [0, 0.1) is 17.2 Å². The second-order valence-electron chi connectivity index (χ2n) is 5.49. The lowest BCUT2D eigenvalue weighted by atomic mass is 10.2. The number of hydrogen-bond donors (Lipinski definition) is 1. The topological polar surface area (TPSA) is 39.1 Å². The molecule has 0 spiro atoms. The first-order valence-electron chi connectivity index (χ1n) is 6.42. The Balaban J connectivity index is 2.41. The van der Waals surface area contributed by atoms with E-state index in [1.165, 1.54) is 12.8 Å². The predicted molar refractivity (Wildman–Crippen MR) is 67.1 cm³/mol. The average Bonchev–Trinajstić information content (AvgIpc) is 2.98. The average molecular weight is 223 g/mol. The van der Waals surface area contributed by atoms with Crippen molar-refractivity contribution in [1.82, 2.24) is 10.2 Å². The van der Waals surface area contributed by atoms with Gasteiger partial charge in [-0.25, -0.2) is 0 Å². The SMILES string of the molecule is CC(C)NC(C#N)CN(CC1CC1)C(C)C. The van der Waals surface area contributed by atoms with E-state index in [0.717, 1.165) is 19.0 Å². The molecule has 0 aliphatic heterocycles. The zero-order chi connectivity index (χ0) is 12.1. The van der Waals surface area contributed by atoms with E-state index < -0.39 is 0 Å². The van der Waals surface area contributed by atoms with Crippen LogP contribution in [0.3, 0.4) is 0 Å². The van der Waals surface area contributed by atoms with Crippen molar-refractivity contribution in [3.8, 4) is 6.07 Å². The smallest absolute Gasteiger partial charge is 0.108 e. The van der Waals surface area contributed by atoms with E-state index in [2.05, 4.69) is 44.0 Å². The van der Waals surface area contributed by atoms with Gasteiger partial charge in [0.1, 0.15) is 6.04 Å². The van der Waals surface area contributed by atoms with Gasteiger partial charge in [-0.2, -0.15) is 5.26 Å². The van der Waals surface area contributed by atoms with Crippen molar-refractivity contribution in [2.24, 2.45) is 5.92 Å². The van der Waals surface area contributed by atoms with E-state index in [1.54, 1.807) is 0 Å². The predicted octanol–water partition coefficient (Wildman–Crippen LogP) is 2.00. The van der Waals surface area contributed by atoms with Crippen LogP contribution in [0.2, 0.25) is 0 Å². The van der Waals surface area contributed by atoms with Gasteiger partial charge in [-0.3, -0.25) is 10.2 Å². The number of hydrogen-bond acceptors (Lipinski definition) is 3. The van der Waals surface area contributed by atoms with E-state index in [4.69, 9.17) is 5.26 Å². The monoisotopic (exact) mass is 223 g/mol. The standard InChI is InChI=1S/C13H25N3/c1-10(2)15-13(7-14)9-16(11(3)4)8-12-5-6-12/h10-13,15H,5-6,8-9H2,1-4H3. The van der Waals surface area contributed by atoms with Crippen molar-refractivity contribution >= 4 is 0 Å². The molecule has 0 saturated heterocycles. The molecule has 16 heavy (non-hydrogen) atoms. The van der Waals surface area contributed by atoms with Crippen LogP contribution in [0.25, 0.3) is 0 Å². The second-order valence-corrected chi connectivity index (χ2v) is 5.49. The molecule has 1 N–H and O–H groups in total. The lowest BCUT2D eigenvalue weighted by molar-refractivity contribution is 0.198. The summed E-state index contributed by atoms with van der Waals surface area (Å²) in [4.78, 5) is 2.43. The minimum atomic E-state index is -0.0406. The Morgan fingerprint density at radius 1 is 1.31 bits per heavy atom. The molecule has 0 aromatic carbocycles. The summed E-state index contributed by atoms with van der Waals surface area (Å²) in [7, 11) is 0. The molecule has 92 valence electrons. The fraction of sp³-hybridized carbons (Fsp3) is 0.923. The molecule has 1 fully saturated rings. The quantitative estimate of drug-likeness (QED) is 0.717. The van der Waals surface area contributed by atoms with Crippen molar-refractivity contribution in [3.05, 3.63) is 0 Å². The molecule has 3 nitrogen and oxygen atoms in total. The van der Waals surface area contributed by atoms with Gasteiger partial charge in [-0.05, 0) is 46.5 Å². The Kier molecular flexibility index (Phi) is 5.24. The maximum absolute atomic E-state index is 9.12. The Labute approximate surface area is 99.8 Å². The molecule has 1 saturated carbocycles. The molecule has 1 atom stereocenters. The fourth-order valence-corrected chi connectivity index (χ4v) is 1.90. The molecule has 1 unspecified atom stereocenters. The zero-order valence-electron chi connectivity index (χ0n) is 11.0. The first kappa shape index (κ1) is 13.5. The first-order valence-corrected chi connectivity index (χ1v) is 6.42. The van der Waals surface area contributed by atoms with Crippen molar-refractivity contribution in [2.75, 3.05) is 13.1 Å². The van der Waals surface area contributed by atoms with Crippen LogP contribution in [0.1, 0.15) is 40.5 Å². The van der Waals surface area contributed by atoms with E-state index in [1.807, 2.05) is 0 Å². The molecule has 1 rings (SSSR count). The van der Waals surface area contributed by atoms with Gasteiger partial charge in [0, 0.05) is 25.2 Å². The van der Waals surface area contributed by atoms with Gasteiger partial charge in [-0.1, -0.05) is 0 Å². The number of nitrogens with zero attached hydrogens (tertiary/aromatic N) is 2. The molecule has 0 bridgehead atoms. The van der Waals surface area contributed by atoms with E-state index in [0.29, 0.717) is 12.1 Å². The van der Waals surface area contributed by atoms with Crippen LogP contribution >= 0.6 is 0 Å². The molecule has 0 radical (unpaired) electrons. The third-order valence-corrected chi connectivity index (χ3v) is 3.03. The largest absolute Gasteiger partial charge is 0.299 e. The third-order valence-electron chi connectivity index (χ3n) is 3.03. The highest BCUT2D eigenvalue weighted by Gasteiger charge is 2.26. The minimum Gasteiger partial charge on any atom is -0.299 e. The summed E-state index contributed by atoms with van der Waals surface area (Å²) < 4.78 is 0. The van der Waals surface area contributed by atoms with Gasteiger partial charge in [0.2, 0.25) is 0 Å². The molecule has 1 aliphatic carbocycles. The highest BCUT2D eigenvalue weighted by molar-refractivity contribution is 4.94.